The Balaban J connectivity index is 0.00000803. The molecule has 0 aliphatic heterocycles. The molecule has 0 aliphatic carbocycles. The fourth-order valence-corrected chi connectivity index (χ4v) is 8.83. The van der Waals surface area contributed by atoms with E-state index in [1.165, 1.54) is 6.20 Å². The van der Waals surface area contributed by atoms with E-state index in [9.17, 15) is 9.22 Å². The molecule has 0 unspecified atom stereocenters. The zero-order valence-corrected chi connectivity index (χ0v) is 42.5. The monoisotopic (exact) mass is 1080 g/mol. The van der Waals surface area contributed by atoms with E-state index in [2.05, 4.69) is 92.6 Å². The van der Waals surface area contributed by atoms with Crippen molar-refractivity contribution in [2.45, 2.75) is 99.2 Å². The second kappa shape index (κ2) is 18.3. The maximum Gasteiger partial charge on any atom is 0.148 e. The molecule has 5 heteroatoms. The van der Waals surface area contributed by atoms with Crippen LogP contribution in [0.25, 0.3) is 83.9 Å². The first-order chi connectivity index (χ1) is 35.9. The van der Waals surface area contributed by atoms with E-state index in [0.29, 0.717) is 61.6 Å². The quantitative estimate of drug-likeness (QED) is 0.162. The number of fused-ring (bicyclic) bond motifs is 1. The maximum absolute atomic E-state index is 12.2. The predicted molar refractivity (Wildman–Crippen MR) is 282 cm³/mol. The minimum atomic E-state index is -2.86. The molecule has 9 aromatic rings. The number of aryl methyl sites for hydroxylation is 2. The summed E-state index contributed by atoms with van der Waals surface area (Å²) in [6.07, 6.45) is 1.51. The molecule has 0 saturated carbocycles. The summed E-state index contributed by atoms with van der Waals surface area (Å²) < 4.78 is 88.3. The molecule has 0 atom stereocenters. The number of nitrogens with zero attached hydrogens (tertiary/aromatic N) is 3. The van der Waals surface area contributed by atoms with Crippen LogP contribution in [-0.2, 0) is 37.3 Å². The number of aromatic nitrogens is 3. The van der Waals surface area contributed by atoms with Crippen LogP contribution in [0.5, 0.6) is 5.75 Å². The zero-order chi connectivity index (χ0) is 56.1. The normalized spacial score (nSPS) is 14.6. The summed E-state index contributed by atoms with van der Waals surface area (Å²) in [5, 5.41) is 12.2. The fraction of sp³-hybridized carbons (Fsp3) is 0.238. The number of hydrogen-bond acceptors (Lipinski definition) is 3. The molecule has 0 fully saturated rings. The van der Waals surface area contributed by atoms with Crippen LogP contribution < -0.4 is 0 Å². The molecular weight excluding hydrogens is 1010 g/mol. The third-order valence-corrected chi connectivity index (χ3v) is 12.6. The summed E-state index contributed by atoms with van der Waals surface area (Å²) in [5.41, 5.74) is 10.0. The zero-order valence-electron chi connectivity index (χ0n) is 50.2. The van der Waals surface area contributed by atoms with Gasteiger partial charge in [0, 0.05) is 41.2 Å². The summed E-state index contributed by atoms with van der Waals surface area (Å²) in [4.78, 5) is 10.2. The molecule has 2 heterocycles. The number of phenolic OH excluding ortho intramolecular Hbond substituents is 1. The number of pyridine rings is 1. The van der Waals surface area contributed by atoms with Crippen LogP contribution in [0.3, 0.4) is 0 Å². The van der Waals surface area contributed by atoms with E-state index in [0.717, 1.165) is 38.9 Å². The van der Waals surface area contributed by atoms with Crippen molar-refractivity contribution in [3.05, 3.63) is 191 Å². The van der Waals surface area contributed by atoms with Gasteiger partial charge in [-0.15, -0.1) is 29.3 Å². The van der Waals surface area contributed by atoms with Gasteiger partial charge in [-0.25, -0.2) is 4.98 Å². The van der Waals surface area contributed by atoms with E-state index >= 15 is 0 Å². The van der Waals surface area contributed by atoms with Crippen molar-refractivity contribution in [3.8, 4) is 78.6 Å². The summed E-state index contributed by atoms with van der Waals surface area (Å²) in [5.74, 6) is 0.350. The van der Waals surface area contributed by atoms with Gasteiger partial charge in [0.15, 0.2) is 0 Å². The van der Waals surface area contributed by atoms with Gasteiger partial charge in [0.2, 0.25) is 0 Å². The molecule has 7 aromatic carbocycles. The smallest absolute Gasteiger partial charge is 0.148 e. The SMILES string of the molecule is [2H]c1c([2H])c(C([2H])([2H])[2H])c([2H])c([2H])c1-c1ccnc(-c2[c-]c(-c3cccc4c3nc(-c3cc(C(C)(C)C)cc(C)c3O)n4-c3ccc(-c4c(-c5ccccc5)cccc4C(C)(C)C)cc3C([2H])([2H])[2H])cc(C(C)(C)C)c2)c1.[Pt]. The molecule has 1 N–H and O–H groups in total. The van der Waals surface area contributed by atoms with Crippen LogP contribution in [0.2, 0.25) is 0 Å². The largest absolute Gasteiger partial charge is 0.507 e. The van der Waals surface area contributed by atoms with E-state index < -0.39 is 48.9 Å². The van der Waals surface area contributed by atoms with Crippen molar-refractivity contribution in [2.75, 3.05) is 0 Å². The first-order valence-corrected chi connectivity index (χ1v) is 22.7. The van der Waals surface area contributed by atoms with Gasteiger partial charge in [-0.1, -0.05) is 182 Å². The summed E-state index contributed by atoms with van der Waals surface area (Å²) in [6, 6.07) is 40.2. The van der Waals surface area contributed by atoms with Gasteiger partial charge in [-0.2, -0.15) is 0 Å². The van der Waals surface area contributed by atoms with Crippen molar-refractivity contribution < 1.29 is 39.9 Å². The number of aromatic hydroxyl groups is 1. The van der Waals surface area contributed by atoms with Gasteiger partial charge in [-0.3, -0.25) is 9.55 Å². The van der Waals surface area contributed by atoms with Crippen molar-refractivity contribution >= 4 is 11.0 Å². The van der Waals surface area contributed by atoms with Crippen LogP contribution in [0.1, 0.15) is 109 Å². The predicted octanol–water partition coefficient (Wildman–Crippen LogP) is 16.7. The molecule has 0 spiro atoms. The van der Waals surface area contributed by atoms with E-state index in [1.807, 2.05) is 90.4 Å². The Hall–Kier alpha value is -6.35. The minimum Gasteiger partial charge on any atom is -0.507 e. The standard InChI is InChI=1S/C63H62N3O.Pt/c1-39-24-26-42(27-25-39)44-30-31-64-54(37-44)47-34-46(35-49(36-47)62(7,8)9)51-21-17-23-56-58(51)65-60(52-38-48(61(4,5)6)33-41(3)59(52)67)66(56)55-29-28-45(32-40(55)2)57-50(43-18-14-13-15-19-43)20-16-22-53(57)63(10,11)12;/h13-33,35-38,67H,1-12H3;/q-1;/i1D3,2D3,24D,25D,26D,27D;. The number of phenols is 1. The summed E-state index contributed by atoms with van der Waals surface area (Å²) in [7, 11) is 0. The number of rotatable bonds is 7. The van der Waals surface area contributed by atoms with Gasteiger partial charge < -0.3 is 5.11 Å². The molecule has 346 valence electrons. The first kappa shape index (κ1) is 36.7. The Kier molecular flexibility index (Phi) is 9.85. The topological polar surface area (TPSA) is 50.9 Å². The van der Waals surface area contributed by atoms with E-state index in [1.54, 1.807) is 18.2 Å². The Morgan fingerprint density at radius 2 is 1.28 bits per heavy atom. The third kappa shape index (κ3) is 9.29. The number of para-hydroxylation sites is 1. The number of benzene rings is 7. The van der Waals surface area contributed by atoms with Gasteiger partial charge in [0.1, 0.15) is 11.6 Å². The molecule has 0 aliphatic rings. The fourth-order valence-electron chi connectivity index (χ4n) is 8.83. The average molecular weight is 1080 g/mol. The van der Waals surface area contributed by atoms with Crippen molar-refractivity contribution in [1.82, 2.24) is 14.5 Å². The second-order valence-electron chi connectivity index (χ2n) is 20.6. The van der Waals surface area contributed by atoms with Crippen molar-refractivity contribution in [1.29, 1.82) is 0 Å². The summed E-state index contributed by atoms with van der Waals surface area (Å²) in [6.45, 7) is 15.4. The second-order valence-corrected chi connectivity index (χ2v) is 20.6. The van der Waals surface area contributed by atoms with Crippen LogP contribution in [-0.4, -0.2) is 19.6 Å². The molecule has 68 heavy (non-hydrogen) atoms. The molecular formula is C63H62N3OPt-. The minimum absolute atomic E-state index is 0. The number of imidazole rings is 1. The van der Waals surface area contributed by atoms with Gasteiger partial charge in [0.25, 0.3) is 0 Å². The van der Waals surface area contributed by atoms with Crippen molar-refractivity contribution in [2.24, 2.45) is 0 Å². The first-order valence-electron chi connectivity index (χ1n) is 27.7. The molecule has 9 rings (SSSR count). The molecule has 2 aromatic heterocycles. The van der Waals surface area contributed by atoms with Crippen LogP contribution in [0.15, 0.2) is 152 Å². The molecule has 0 saturated heterocycles. The van der Waals surface area contributed by atoms with Gasteiger partial charge in [0.05, 0.1) is 27.8 Å². The maximum atomic E-state index is 12.2. The Bertz CT molecular complexity index is 3770. The Morgan fingerprint density at radius 1 is 0.588 bits per heavy atom. The Morgan fingerprint density at radius 3 is 1.97 bits per heavy atom. The molecule has 0 radical (unpaired) electrons. The van der Waals surface area contributed by atoms with E-state index in [-0.39, 0.29) is 48.8 Å². The van der Waals surface area contributed by atoms with Crippen LogP contribution >= 0.6 is 0 Å². The van der Waals surface area contributed by atoms with Gasteiger partial charge in [-0.05, 0) is 123 Å². The molecule has 4 nitrogen and oxygen atoms in total. The van der Waals surface area contributed by atoms with Crippen molar-refractivity contribution in [3.63, 3.8) is 0 Å². The molecule has 0 bridgehead atoms. The number of hydrogen-bond donors (Lipinski definition) is 1. The average Bonchev–Trinajstić information content (AvgIpc) is 3.91. The summed E-state index contributed by atoms with van der Waals surface area (Å²) >= 11 is 0. The van der Waals surface area contributed by atoms with Crippen LogP contribution in [0, 0.1) is 26.7 Å². The molecule has 0 amide bonds. The van der Waals surface area contributed by atoms with E-state index in [4.69, 9.17) is 19.6 Å². The van der Waals surface area contributed by atoms with Gasteiger partial charge >= 0.3 is 0 Å². The Labute approximate surface area is 432 Å². The van der Waals surface area contributed by atoms with Crippen LogP contribution in [0.4, 0.5) is 0 Å². The third-order valence-electron chi connectivity index (χ3n) is 12.6.